The van der Waals surface area contributed by atoms with Gasteiger partial charge >= 0.3 is 0 Å². The average molecular weight is 372 g/mol. The summed E-state index contributed by atoms with van der Waals surface area (Å²) in [5.74, 6) is 0.241. The molecule has 0 aromatic heterocycles. The molecule has 1 fully saturated rings. The molecule has 140 valence electrons. The number of hydrogen-bond acceptors (Lipinski definition) is 5. The molecule has 1 saturated heterocycles. The molecule has 1 aliphatic heterocycles. The highest BCUT2D eigenvalue weighted by Crippen LogP contribution is 2.17. The van der Waals surface area contributed by atoms with Crippen LogP contribution in [0, 0.1) is 0 Å². The van der Waals surface area contributed by atoms with E-state index in [0.717, 1.165) is 30.8 Å². The first-order valence-electron chi connectivity index (χ1n) is 8.11. The molecular formula is C17H26ClN3O4. The summed E-state index contributed by atoms with van der Waals surface area (Å²) in [5, 5.41) is 2.53. The van der Waals surface area contributed by atoms with Crippen LogP contribution in [0.15, 0.2) is 24.3 Å². The number of amides is 2. The third kappa shape index (κ3) is 6.89. The summed E-state index contributed by atoms with van der Waals surface area (Å²) in [6, 6.07) is 7.58. The quantitative estimate of drug-likeness (QED) is 0.701. The maximum absolute atomic E-state index is 12.5. The van der Waals surface area contributed by atoms with Crippen LogP contribution < -0.4 is 15.8 Å². The number of rotatable bonds is 8. The van der Waals surface area contributed by atoms with Gasteiger partial charge in [-0.1, -0.05) is 12.1 Å². The van der Waals surface area contributed by atoms with Crippen molar-refractivity contribution in [2.45, 2.75) is 25.5 Å². The van der Waals surface area contributed by atoms with Crippen molar-refractivity contribution >= 4 is 24.2 Å². The standard InChI is InChI=1S/C17H25N3O4.ClH/c1-23-14-5-2-4-13(8-14)11-20(12-15-6-3-7-24-15)17(22)10-19-16(21)9-18;/h2,4-5,8,15H,3,6-7,9-12,18H2,1H3,(H,19,21);1H. The first kappa shape index (κ1) is 21.2. The monoisotopic (exact) mass is 371 g/mol. The molecule has 0 radical (unpaired) electrons. The number of nitrogens with two attached hydrogens (primary N) is 1. The van der Waals surface area contributed by atoms with Crippen molar-refractivity contribution in [1.29, 1.82) is 0 Å². The predicted molar refractivity (Wildman–Crippen MR) is 96.7 cm³/mol. The fourth-order valence-corrected chi connectivity index (χ4v) is 2.64. The molecule has 1 heterocycles. The van der Waals surface area contributed by atoms with E-state index in [1.807, 2.05) is 24.3 Å². The molecule has 0 saturated carbocycles. The van der Waals surface area contributed by atoms with Gasteiger partial charge in [0.25, 0.3) is 0 Å². The van der Waals surface area contributed by atoms with Gasteiger partial charge in [-0.05, 0) is 30.5 Å². The average Bonchev–Trinajstić information content (AvgIpc) is 3.12. The highest BCUT2D eigenvalue weighted by atomic mass is 35.5. The summed E-state index contributed by atoms with van der Waals surface area (Å²) in [7, 11) is 1.61. The molecule has 7 nitrogen and oxygen atoms in total. The Morgan fingerprint density at radius 2 is 2.24 bits per heavy atom. The fourth-order valence-electron chi connectivity index (χ4n) is 2.64. The van der Waals surface area contributed by atoms with Crippen molar-refractivity contribution in [3.63, 3.8) is 0 Å². The Hall–Kier alpha value is -1.83. The number of ether oxygens (including phenoxy) is 2. The van der Waals surface area contributed by atoms with E-state index in [4.69, 9.17) is 15.2 Å². The van der Waals surface area contributed by atoms with Crippen LogP contribution in [0.2, 0.25) is 0 Å². The van der Waals surface area contributed by atoms with Gasteiger partial charge in [0.15, 0.2) is 0 Å². The van der Waals surface area contributed by atoms with Crippen LogP contribution in [-0.2, 0) is 20.9 Å². The number of methoxy groups -OCH3 is 1. The summed E-state index contributed by atoms with van der Waals surface area (Å²) in [4.78, 5) is 25.5. The maximum atomic E-state index is 12.5. The number of nitrogens with one attached hydrogen (secondary N) is 1. The molecular weight excluding hydrogens is 346 g/mol. The Bertz CT molecular complexity index is 565. The molecule has 1 atom stereocenters. The lowest BCUT2D eigenvalue weighted by Gasteiger charge is -2.26. The van der Waals surface area contributed by atoms with Gasteiger partial charge in [0.1, 0.15) is 5.75 Å². The maximum Gasteiger partial charge on any atom is 0.242 e. The Morgan fingerprint density at radius 3 is 2.88 bits per heavy atom. The highest BCUT2D eigenvalue weighted by molar-refractivity contribution is 5.85. The lowest BCUT2D eigenvalue weighted by Crippen LogP contribution is -2.44. The molecule has 0 bridgehead atoms. The Labute approximate surface area is 154 Å². The van der Waals surface area contributed by atoms with Crippen LogP contribution in [0.1, 0.15) is 18.4 Å². The molecule has 25 heavy (non-hydrogen) atoms. The van der Waals surface area contributed by atoms with E-state index in [1.54, 1.807) is 12.0 Å². The van der Waals surface area contributed by atoms with E-state index in [2.05, 4.69) is 5.32 Å². The minimum atomic E-state index is -0.346. The second-order valence-corrected chi connectivity index (χ2v) is 5.74. The third-order valence-electron chi connectivity index (χ3n) is 3.93. The topological polar surface area (TPSA) is 93.9 Å². The van der Waals surface area contributed by atoms with Crippen molar-refractivity contribution in [3.8, 4) is 5.75 Å². The van der Waals surface area contributed by atoms with Crippen molar-refractivity contribution < 1.29 is 19.1 Å². The largest absolute Gasteiger partial charge is 0.497 e. The van der Waals surface area contributed by atoms with Gasteiger partial charge in [-0.3, -0.25) is 9.59 Å². The van der Waals surface area contributed by atoms with Crippen LogP contribution in [0.3, 0.4) is 0 Å². The van der Waals surface area contributed by atoms with Crippen molar-refractivity contribution in [1.82, 2.24) is 10.2 Å². The SMILES string of the molecule is COc1cccc(CN(CC2CCCO2)C(=O)CNC(=O)CN)c1.Cl. The minimum absolute atomic E-state index is 0. The Morgan fingerprint density at radius 1 is 1.44 bits per heavy atom. The van der Waals surface area contributed by atoms with E-state index in [9.17, 15) is 9.59 Å². The molecule has 3 N–H and O–H groups in total. The molecule has 2 rings (SSSR count). The molecule has 1 aromatic rings. The number of carbonyl (C=O) groups excluding carboxylic acids is 2. The van der Waals surface area contributed by atoms with Crippen molar-refractivity contribution in [3.05, 3.63) is 29.8 Å². The minimum Gasteiger partial charge on any atom is -0.497 e. The number of nitrogens with zero attached hydrogens (tertiary/aromatic N) is 1. The van der Waals surface area contributed by atoms with Gasteiger partial charge in [0.2, 0.25) is 11.8 Å². The van der Waals surface area contributed by atoms with Crippen LogP contribution in [-0.4, -0.2) is 56.2 Å². The number of carbonyl (C=O) groups is 2. The lowest BCUT2D eigenvalue weighted by atomic mass is 10.1. The highest BCUT2D eigenvalue weighted by Gasteiger charge is 2.23. The van der Waals surface area contributed by atoms with Crippen LogP contribution in [0.4, 0.5) is 0 Å². The summed E-state index contributed by atoms with van der Waals surface area (Å²) < 4.78 is 10.9. The summed E-state index contributed by atoms with van der Waals surface area (Å²) >= 11 is 0. The van der Waals surface area contributed by atoms with Crippen molar-refractivity contribution in [2.75, 3.05) is 33.4 Å². The van der Waals surface area contributed by atoms with Crippen LogP contribution in [0.5, 0.6) is 5.75 Å². The summed E-state index contributed by atoms with van der Waals surface area (Å²) in [5.41, 5.74) is 6.21. The zero-order valence-corrected chi connectivity index (χ0v) is 15.2. The normalized spacial score (nSPS) is 16.0. The number of hydrogen-bond donors (Lipinski definition) is 2. The number of halogens is 1. The van der Waals surface area contributed by atoms with Gasteiger partial charge in [0.05, 0.1) is 26.3 Å². The summed E-state index contributed by atoms with van der Waals surface area (Å²) in [6.07, 6.45) is 2.00. The molecule has 1 aliphatic rings. The van der Waals surface area contributed by atoms with Crippen LogP contribution >= 0.6 is 12.4 Å². The molecule has 1 unspecified atom stereocenters. The predicted octanol–water partition coefficient (Wildman–Crippen LogP) is 0.700. The van der Waals surface area contributed by atoms with E-state index in [-0.39, 0.29) is 43.4 Å². The Balaban J connectivity index is 0.00000312. The first-order chi connectivity index (χ1) is 11.6. The number of benzene rings is 1. The van der Waals surface area contributed by atoms with Crippen molar-refractivity contribution in [2.24, 2.45) is 5.73 Å². The molecule has 1 aromatic carbocycles. The molecule has 0 aliphatic carbocycles. The first-order valence-corrected chi connectivity index (χ1v) is 8.11. The van der Waals surface area contributed by atoms with E-state index >= 15 is 0 Å². The van der Waals surface area contributed by atoms with Crippen LogP contribution in [0.25, 0.3) is 0 Å². The smallest absolute Gasteiger partial charge is 0.242 e. The van der Waals surface area contributed by atoms with E-state index < -0.39 is 0 Å². The fraction of sp³-hybridized carbons (Fsp3) is 0.529. The van der Waals surface area contributed by atoms with Gasteiger partial charge in [0, 0.05) is 19.7 Å². The van der Waals surface area contributed by atoms with E-state index in [0.29, 0.717) is 13.1 Å². The van der Waals surface area contributed by atoms with Gasteiger partial charge in [-0.15, -0.1) is 12.4 Å². The lowest BCUT2D eigenvalue weighted by molar-refractivity contribution is -0.134. The van der Waals surface area contributed by atoms with Gasteiger partial charge in [-0.2, -0.15) is 0 Å². The van der Waals surface area contributed by atoms with Gasteiger partial charge in [-0.25, -0.2) is 0 Å². The molecule has 2 amide bonds. The third-order valence-corrected chi connectivity index (χ3v) is 3.93. The second kappa shape index (κ2) is 10.9. The van der Waals surface area contributed by atoms with E-state index in [1.165, 1.54) is 0 Å². The Kier molecular flexibility index (Phi) is 9.26. The zero-order valence-electron chi connectivity index (χ0n) is 14.4. The zero-order chi connectivity index (χ0) is 17.4. The second-order valence-electron chi connectivity index (χ2n) is 5.74. The van der Waals surface area contributed by atoms with Gasteiger partial charge < -0.3 is 25.4 Å². The molecule has 8 heteroatoms. The summed E-state index contributed by atoms with van der Waals surface area (Å²) in [6.45, 7) is 1.49. The molecule has 0 spiro atoms.